The van der Waals surface area contributed by atoms with Gasteiger partial charge in [-0.25, -0.2) is 5.43 Å². The van der Waals surface area contributed by atoms with Gasteiger partial charge in [0.05, 0.1) is 13.3 Å². The van der Waals surface area contributed by atoms with Crippen LogP contribution < -0.4 is 15.5 Å². The van der Waals surface area contributed by atoms with Crippen LogP contribution in [0.15, 0.2) is 41.5 Å². The topological polar surface area (TPSA) is 100 Å². The summed E-state index contributed by atoms with van der Waals surface area (Å²) < 4.78 is 4.97. The number of ether oxygens (including phenoxy) is 1. The number of aryl methyl sites for hydroxylation is 2. The number of phenolic OH excluding ortho intramolecular Hbond substituents is 1. The smallest absolute Gasteiger partial charge is 0.329 e. The Bertz CT molecular complexity index is 831. The van der Waals surface area contributed by atoms with Gasteiger partial charge in [0.2, 0.25) is 0 Å². The zero-order chi connectivity index (χ0) is 18.4. The minimum Gasteiger partial charge on any atom is -0.504 e. The average Bonchev–Trinajstić information content (AvgIpc) is 2.59. The summed E-state index contributed by atoms with van der Waals surface area (Å²) in [5.74, 6) is -1.43. The Kier molecular flexibility index (Phi) is 5.73. The molecular weight excluding hydrogens is 322 g/mol. The van der Waals surface area contributed by atoms with Crippen LogP contribution in [0, 0.1) is 13.8 Å². The van der Waals surface area contributed by atoms with E-state index >= 15 is 0 Å². The monoisotopic (exact) mass is 341 g/mol. The second-order valence-electron chi connectivity index (χ2n) is 5.38. The van der Waals surface area contributed by atoms with Crippen molar-refractivity contribution in [3.63, 3.8) is 0 Å². The zero-order valence-corrected chi connectivity index (χ0v) is 14.2. The predicted molar refractivity (Wildman–Crippen MR) is 94.9 cm³/mol. The fourth-order valence-corrected chi connectivity index (χ4v) is 2.00. The number of nitrogens with one attached hydrogen (secondary N) is 2. The first-order valence-electron chi connectivity index (χ1n) is 7.49. The SMILES string of the molecule is COc1cc(/C=N\NC(=O)C(=O)Nc2ccc(C)c(C)c2)ccc1O. The van der Waals surface area contributed by atoms with E-state index in [1.165, 1.54) is 19.4 Å². The fourth-order valence-electron chi connectivity index (χ4n) is 2.00. The maximum Gasteiger partial charge on any atom is 0.329 e. The van der Waals surface area contributed by atoms with Gasteiger partial charge >= 0.3 is 11.8 Å². The van der Waals surface area contributed by atoms with Crippen LogP contribution in [0.3, 0.4) is 0 Å². The fraction of sp³-hybridized carbons (Fsp3) is 0.167. The van der Waals surface area contributed by atoms with E-state index in [2.05, 4.69) is 15.8 Å². The number of aromatic hydroxyl groups is 1. The number of hydrogen-bond donors (Lipinski definition) is 3. The number of carbonyl (C=O) groups is 2. The van der Waals surface area contributed by atoms with Crippen molar-refractivity contribution < 1.29 is 19.4 Å². The third-order valence-electron chi connectivity index (χ3n) is 3.55. The summed E-state index contributed by atoms with van der Waals surface area (Å²) in [6, 6.07) is 9.93. The van der Waals surface area contributed by atoms with E-state index in [4.69, 9.17) is 4.74 Å². The number of rotatable bonds is 4. The first-order chi connectivity index (χ1) is 11.9. The molecule has 2 rings (SSSR count). The Morgan fingerprint density at radius 2 is 1.84 bits per heavy atom. The number of nitrogens with zero attached hydrogens (tertiary/aromatic N) is 1. The number of hydrogen-bond acceptors (Lipinski definition) is 5. The number of methoxy groups -OCH3 is 1. The van der Waals surface area contributed by atoms with E-state index in [1.54, 1.807) is 24.3 Å². The number of anilines is 1. The van der Waals surface area contributed by atoms with Crippen LogP contribution in [-0.4, -0.2) is 30.2 Å². The van der Waals surface area contributed by atoms with Crippen molar-refractivity contribution in [2.24, 2.45) is 5.10 Å². The molecule has 0 bridgehead atoms. The van der Waals surface area contributed by atoms with Crippen molar-refractivity contribution >= 4 is 23.7 Å². The van der Waals surface area contributed by atoms with Gasteiger partial charge in [-0.05, 0) is 60.9 Å². The summed E-state index contributed by atoms with van der Waals surface area (Å²) in [4.78, 5) is 23.6. The first kappa shape index (κ1) is 18.0. The standard InChI is InChI=1S/C18H19N3O4/c1-11-4-6-14(8-12(11)2)20-17(23)18(24)21-19-10-13-5-7-15(22)16(9-13)25-3/h4-10,22H,1-3H3,(H,20,23)(H,21,24)/b19-10-. The van der Waals surface area contributed by atoms with Gasteiger partial charge in [-0.3, -0.25) is 9.59 Å². The molecule has 3 N–H and O–H groups in total. The van der Waals surface area contributed by atoms with Gasteiger partial charge in [-0.1, -0.05) is 6.07 Å². The molecule has 0 radical (unpaired) electrons. The largest absolute Gasteiger partial charge is 0.504 e. The highest BCUT2D eigenvalue weighted by molar-refractivity contribution is 6.39. The Labute approximate surface area is 145 Å². The predicted octanol–water partition coefficient (Wildman–Crippen LogP) is 2.11. The van der Waals surface area contributed by atoms with Crippen molar-refractivity contribution in [1.29, 1.82) is 0 Å². The molecule has 0 spiro atoms. The summed E-state index contributed by atoms with van der Waals surface area (Å²) in [5, 5.41) is 15.7. The van der Waals surface area contributed by atoms with Gasteiger partial charge in [-0.15, -0.1) is 0 Å². The first-order valence-corrected chi connectivity index (χ1v) is 7.49. The summed E-state index contributed by atoms with van der Waals surface area (Å²) in [6.45, 7) is 3.88. The van der Waals surface area contributed by atoms with Gasteiger partial charge in [0.1, 0.15) is 0 Å². The quantitative estimate of drug-likeness (QED) is 0.450. The highest BCUT2D eigenvalue weighted by Crippen LogP contribution is 2.25. The molecule has 2 amide bonds. The number of hydrazone groups is 1. The van der Waals surface area contributed by atoms with E-state index in [1.807, 2.05) is 19.9 Å². The summed E-state index contributed by atoms with van der Waals surface area (Å²) in [7, 11) is 1.43. The van der Waals surface area contributed by atoms with E-state index in [-0.39, 0.29) is 11.5 Å². The molecular formula is C18H19N3O4. The average molecular weight is 341 g/mol. The maximum absolute atomic E-state index is 11.8. The highest BCUT2D eigenvalue weighted by atomic mass is 16.5. The number of amides is 2. The Balaban J connectivity index is 1.94. The van der Waals surface area contributed by atoms with Gasteiger partial charge < -0.3 is 15.2 Å². The molecule has 0 aliphatic carbocycles. The Morgan fingerprint density at radius 1 is 1.08 bits per heavy atom. The molecule has 7 heteroatoms. The van der Waals surface area contributed by atoms with Gasteiger partial charge in [0.25, 0.3) is 0 Å². The van der Waals surface area contributed by atoms with Crippen LogP contribution in [0.2, 0.25) is 0 Å². The molecule has 0 fully saturated rings. The van der Waals surface area contributed by atoms with Gasteiger partial charge in [0, 0.05) is 5.69 Å². The normalized spacial score (nSPS) is 10.5. The molecule has 0 saturated carbocycles. The lowest BCUT2D eigenvalue weighted by atomic mass is 10.1. The molecule has 0 aliphatic rings. The lowest BCUT2D eigenvalue weighted by molar-refractivity contribution is -0.136. The molecule has 25 heavy (non-hydrogen) atoms. The van der Waals surface area contributed by atoms with Gasteiger partial charge in [0.15, 0.2) is 11.5 Å². The molecule has 0 atom stereocenters. The molecule has 0 heterocycles. The van der Waals surface area contributed by atoms with E-state index in [9.17, 15) is 14.7 Å². The molecule has 130 valence electrons. The van der Waals surface area contributed by atoms with Crippen molar-refractivity contribution in [1.82, 2.24) is 5.43 Å². The zero-order valence-electron chi connectivity index (χ0n) is 14.2. The maximum atomic E-state index is 11.8. The summed E-state index contributed by atoms with van der Waals surface area (Å²) in [5.41, 5.74) is 5.37. The number of carbonyl (C=O) groups excluding carboxylic acids is 2. The highest BCUT2D eigenvalue weighted by Gasteiger charge is 2.13. The van der Waals surface area contributed by atoms with Crippen LogP contribution in [0.25, 0.3) is 0 Å². The summed E-state index contributed by atoms with van der Waals surface area (Å²) in [6.07, 6.45) is 1.34. The molecule has 7 nitrogen and oxygen atoms in total. The van der Waals surface area contributed by atoms with E-state index < -0.39 is 11.8 Å². The van der Waals surface area contributed by atoms with Crippen molar-refractivity contribution in [3.05, 3.63) is 53.1 Å². The lowest BCUT2D eigenvalue weighted by Crippen LogP contribution is -2.32. The Morgan fingerprint density at radius 3 is 2.52 bits per heavy atom. The van der Waals surface area contributed by atoms with Crippen molar-refractivity contribution in [3.8, 4) is 11.5 Å². The number of benzene rings is 2. The van der Waals surface area contributed by atoms with E-state index in [0.29, 0.717) is 11.3 Å². The lowest BCUT2D eigenvalue weighted by Gasteiger charge is -2.06. The molecule has 0 aromatic heterocycles. The van der Waals surface area contributed by atoms with Crippen LogP contribution in [0.5, 0.6) is 11.5 Å². The molecule has 2 aromatic rings. The van der Waals surface area contributed by atoms with Crippen LogP contribution in [0.1, 0.15) is 16.7 Å². The number of phenols is 1. The van der Waals surface area contributed by atoms with Crippen LogP contribution in [0.4, 0.5) is 5.69 Å². The second-order valence-corrected chi connectivity index (χ2v) is 5.38. The second kappa shape index (κ2) is 7.96. The minimum atomic E-state index is -0.889. The van der Waals surface area contributed by atoms with Crippen LogP contribution >= 0.6 is 0 Å². The summed E-state index contributed by atoms with van der Waals surface area (Å²) >= 11 is 0. The molecule has 0 aliphatic heterocycles. The van der Waals surface area contributed by atoms with Crippen molar-refractivity contribution in [2.45, 2.75) is 13.8 Å². The molecule has 0 saturated heterocycles. The Hall–Kier alpha value is -3.35. The third kappa shape index (κ3) is 4.81. The molecule has 2 aromatic carbocycles. The van der Waals surface area contributed by atoms with Gasteiger partial charge in [-0.2, -0.15) is 5.10 Å². The minimum absolute atomic E-state index is 0.00328. The molecule has 0 unspecified atom stereocenters. The third-order valence-corrected chi connectivity index (χ3v) is 3.55. The van der Waals surface area contributed by atoms with E-state index in [0.717, 1.165) is 11.1 Å². The van der Waals surface area contributed by atoms with Crippen LogP contribution in [-0.2, 0) is 9.59 Å². The van der Waals surface area contributed by atoms with Crippen molar-refractivity contribution in [2.75, 3.05) is 12.4 Å².